The number of nitrogens with one attached hydrogen (secondary N) is 1. The normalized spacial score (nSPS) is 28.1. The van der Waals surface area contributed by atoms with Gasteiger partial charge in [0.05, 0.1) is 0 Å². The number of likely N-dealkylation sites (tertiary alicyclic amines) is 1. The van der Waals surface area contributed by atoms with Crippen LogP contribution in [0.4, 0.5) is 0 Å². The molecule has 0 aliphatic carbocycles. The number of hydrogen-bond donors (Lipinski definition) is 1. The topological polar surface area (TPSA) is 15.3 Å². The maximum Gasteiger partial charge on any atom is 0.0205 e. The summed E-state index contributed by atoms with van der Waals surface area (Å²) in [5.74, 6) is 0. The van der Waals surface area contributed by atoms with Crippen LogP contribution in [0.3, 0.4) is 0 Å². The smallest absolute Gasteiger partial charge is 0.0205 e. The fraction of sp³-hybridized carbons (Fsp3) is 1.00. The predicted octanol–water partition coefficient (Wildman–Crippen LogP) is 2.04. The molecule has 0 spiro atoms. The largest absolute Gasteiger partial charge is 0.317 e. The third-order valence-electron chi connectivity index (χ3n) is 3.80. The van der Waals surface area contributed by atoms with Gasteiger partial charge in [-0.25, -0.2) is 0 Å². The van der Waals surface area contributed by atoms with E-state index in [-0.39, 0.29) is 12.4 Å². The van der Waals surface area contributed by atoms with Gasteiger partial charge in [-0.2, -0.15) is 0 Å². The second-order valence-electron chi connectivity index (χ2n) is 4.79. The number of nitrogens with zero attached hydrogens (tertiary/aromatic N) is 1. The zero-order valence-corrected chi connectivity index (χ0v) is 10.0. The molecule has 14 heavy (non-hydrogen) atoms. The van der Waals surface area contributed by atoms with E-state index in [1.54, 1.807) is 0 Å². The molecule has 0 radical (unpaired) electrons. The highest BCUT2D eigenvalue weighted by Gasteiger charge is 2.33. The van der Waals surface area contributed by atoms with Crippen LogP contribution >= 0.6 is 12.4 Å². The van der Waals surface area contributed by atoms with Gasteiger partial charge in [-0.05, 0) is 58.8 Å². The molecule has 0 aromatic rings. The van der Waals surface area contributed by atoms with E-state index in [4.69, 9.17) is 0 Å². The van der Waals surface area contributed by atoms with Crippen LogP contribution in [0.1, 0.15) is 39.0 Å². The van der Waals surface area contributed by atoms with E-state index in [1.165, 1.54) is 58.3 Å². The molecule has 2 nitrogen and oxygen atoms in total. The fourth-order valence-electron chi connectivity index (χ4n) is 2.72. The van der Waals surface area contributed by atoms with Crippen LogP contribution in [0.5, 0.6) is 0 Å². The van der Waals surface area contributed by atoms with Crippen molar-refractivity contribution in [2.75, 3.05) is 26.2 Å². The van der Waals surface area contributed by atoms with Crippen molar-refractivity contribution in [3.05, 3.63) is 0 Å². The molecule has 2 fully saturated rings. The zero-order valence-electron chi connectivity index (χ0n) is 9.22. The molecule has 0 unspecified atom stereocenters. The molecule has 2 aliphatic heterocycles. The monoisotopic (exact) mass is 218 g/mol. The highest BCUT2D eigenvalue weighted by molar-refractivity contribution is 5.85. The Labute approximate surface area is 93.8 Å². The van der Waals surface area contributed by atoms with Crippen molar-refractivity contribution in [3.8, 4) is 0 Å². The molecule has 0 aromatic carbocycles. The minimum absolute atomic E-state index is 0. The van der Waals surface area contributed by atoms with Gasteiger partial charge in [0, 0.05) is 5.54 Å². The summed E-state index contributed by atoms with van der Waals surface area (Å²) in [6.45, 7) is 7.58. The Morgan fingerprint density at radius 2 is 1.57 bits per heavy atom. The van der Waals surface area contributed by atoms with Crippen molar-refractivity contribution >= 4 is 12.4 Å². The first kappa shape index (κ1) is 12.3. The van der Waals surface area contributed by atoms with Crippen molar-refractivity contribution in [2.24, 2.45) is 0 Å². The molecular weight excluding hydrogens is 196 g/mol. The first-order valence-corrected chi connectivity index (χ1v) is 5.77. The van der Waals surface area contributed by atoms with Crippen molar-refractivity contribution in [1.82, 2.24) is 10.2 Å². The maximum atomic E-state index is 3.45. The predicted molar refractivity (Wildman–Crippen MR) is 63.2 cm³/mol. The van der Waals surface area contributed by atoms with Crippen molar-refractivity contribution < 1.29 is 0 Å². The Kier molecular flexibility index (Phi) is 4.68. The molecule has 2 aliphatic rings. The van der Waals surface area contributed by atoms with Gasteiger partial charge in [-0.3, -0.25) is 4.90 Å². The molecule has 3 heteroatoms. The Morgan fingerprint density at radius 3 is 2.14 bits per heavy atom. The summed E-state index contributed by atoms with van der Waals surface area (Å²) < 4.78 is 0. The van der Waals surface area contributed by atoms with Gasteiger partial charge in [-0.1, -0.05) is 6.42 Å². The number of piperidine rings is 2. The first-order valence-electron chi connectivity index (χ1n) is 5.77. The molecule has 84 valence electrons. The lowest BCUT2D eigenvalue weighted by molar-refractivity contribution is 0.0541. The van der Waals surface area contributed by atoms with Gasteiger partial charge in [0.15, 0.2) is 0 Å². The zero-order chi connectivity index (χ0) is 9.15. The summed E-state index contributed by atoms with van der Waals surface area (Å²) in [4.78, 5) is 2.73. The molecule has 2 saturated heterocycles. The van der Waals surface area contributed by atoms with Gasteiger partial charge >= 0.3 is 0 Å². The average Bonchev–Trinajstić information content (AvgIpc) is 2.20. The van der Waals surface area contributed by atoms with Crippen LogP contribution in [0, 0.1) is 0 Å². The van der Waals surface area contributed by atoms with Crippen LogP contribution in [0.25, 0.3) is 0 Å². The number of halogens is 1. The molecule has 2 heterocycles. The number of hydrogen-bond acceptors (Lipinski definition) is 2. The fourth-order valence-corrected chi connectivity index (χ4v) is 2.72. The average molecular weight is 219 g/mol. The molecule has 1 N–H and O–H groups in total. The Hall–Kier alpha value is 0.210. The summed E-state index contributed by atoms with van der Waals surface area (Å²) in [5.41, 5.74) is 0.520. The third kappa shape index (κ3) is 2.62. The summed E-state index contributed by atoms with van der Waals surface area (Å²) in [7, 11) is 0. The van der Waals surface area contributed by atoms with E-state index in [0.717, 1.165) is 0 Å². The van der Waals surface area contributed by atoms with Crippen LogP contribution in [0.2, 0.25) is 0 Å². The Balaban J connectivity index is 0.000000980. The summed E-state index contributed by atoms with van der Waals surface area (Å²) in [5, 5.41) is 3.45. The second-order valence-corrected chi connectivity index (χ2v) is 4.79. The van der Waals surface area contributed by atoms with E-state index in [1.807, 2.05) is 0 Å². The Bertz CT molecular complexity index is 161. The summed E-state index contributed by atoms with van der Waals surface area (Å²) in [6, 6.07) is 0. The standard InChI is InChI=1S/C11H22N2.ClH/c1-11(5-7-12-8-6-11)13-9-3-2-4-10-13;/h12H,2-10H2,1H3;1H. The van der Waals surface area contributed by atoms with Crippen molar-refractivity contribution in [1.29, 1.82) is 0 Å². The van der Waals surface area contributed by atoms with Gasteiger partial charge in [0.1, 0.15) is 0 Å². The summed E-state index contributed by atoms with van der Waals surface area (Å²) in [6.07, 6.45) is 6.97. The lowest BCUT2D eigenvalue weighted by Gasteiger charge is -2.46. The molecular formula is C11H23ClN2. The van der Waals surface area contributed by atoms with Gasteiger partial charge in [0.25, 0.3) is 0 Å². The van der Waals surface area contributed by atoms with Crippen LogP contribution in [0.15, 0.2) is 0 Å². The first-order chi connectivity index (χ1) is 6.31. The molecule has 2 rings (SSSR count). The third-order valence-corrected chi connectivity index (χ3v) is 3.80. The molecule has 0 aromatic heterocycles. The lowest BCUT2D eigenvalue weighted by Crippen LogP contribution is -2.54. The minimum atomic E-state index is 0. The molecule has 0 bridgehead atoms. The number of rotatable bonds is 1. The van der Waals surface area contributed by atoms with Crippen molar-refractivity contribution in [3.63, 3.8) is 0 Å². The van der Waals surface area contributed by atoms with Gasteiger partial charge in [-0.15, -0.1) is 12.4 Å². The summed E-state index contributed by atoms with van der Waals surface area (Å²) >= 11 is 0. The van der Waals surface area contributed by atoms with E-state index < -0.39 is 0 Å². The molecule has 0 atom stereocenters. The van der Waals surface area contributed by atoms with E-state index in [2.05, 4.69) is 17.1 Å². The van der Waals surface area contributed by atoms with Crippen LogP contribution in [-0.2, 0) is 0 Å². The van der Waals surface area contributed by atoms with Crippen LogP contribution < -0.4 is 5.32 Å². The van der Waals surface area contributed by atoms with Crippen molar-refractivity contribution in [2.45, 2.75) is 44.6 Å². The quantitative estimate of drug-likeness (QED) is 0.725. The lowest BCUT2D eigenvalue weighted by atomic mass is 9.87. The molecule has 0 amide bonds. The maximum absolute atomic E-state index is 3.45. The highest BCUT2D eigenvalue weighted by Crippen LogP contribution is 2.28. The highest BCUT2D eigenvalue weighted by atomic mass is 35.5. The van der Waals surface area contributed by atoms with E-state index in [9.17, 15) is 0 Å². The van der Waals surface area contributed by atoms with Crippen LogP contribution in [-0.4, -0.2) is 36.6 Å². The molecule has 0 saturated carbocycles. The second kappa shape index (κ2) is 5.34. The van der Waals surface area contributed by atoms with Gasteiger partial charge < -0.3 is 5.32 Å². The minimum Gasteiger partial charge on any atom is -0.317 e. The van der Waals surface area contributed by atoms with Gasteiger partial charge in [0.2, 0.25) is 0 Å². The van der Waals surface area contributed by atoms with E-state index in [0.29, 0.717) is 5.54 Å². The SMILES string of the molecule is CC1(N2CCCCC2)CCNCC1.Cl. The Morgan fingerprint density at radius 1 is 1.00 bits per heavy atom. The van der Waals surface area contributed by atoms with E-state index >= 15 is 0 Å².